The Balaban J connectivity index is 1.80. The predicted octanol–water partition coefficient (Wildman–Crippen LogP) is 6.32. The predicted molar refractivity (Wildman–Crippen MR) is 176 cm³/mol. The third kappa shape index (κ3) is 8.49. The number of benzene rings is 4. The Morgan fingerprint density at radius 2 is 1.45 bits per heavy atom. The minimum Gasteiger partial charge on any atom is -0.352 e. The molecule has 230 valence electrons. The van der Waals surface area contributed by atoms with Crippen LogP contribution in [0, 0.1) is 13.8 Å². The first-order valence-corrected chi connectivity index (χ1v) is 16.3. The first-order chi connectivity index (χ1) is 20.9. The molecule has 0 saturated heterocycles. The van der Waals surface area contributed by atoms with Gasteiger partial charge < -0.3 is 10.2 Å². The fraction of sp³-hybridized carbons (Fsp3) is 0.257. The van der Waals surface area contributed by atoms with Crippen molar-refractivity contribution >= 4 is 39.1 Å². The standard InChI is InChI=1S/C35H38ClN3O4S/c1-25(2)37-35(41)33(22-28-10-6-5-7-11-28)38(23-29-15-13-26(3)14-16-29)34(40)24-39(31-12-8-9-27(4)21-31)44(42,43)32-19-17-30(36)18-20-32/h5-21,25,33H,22-24H2,1-4H3,(H,37,41). The highest BCUT2D eigenvalue weighted by Gasteiger charge is 2.34. The number of amides is 2. The SMILES string of the molecule is Cc1ccc(CN(C(=O)CN(c2cccc(C)c2)S(=O)(=O)c2ccc(Cl)cc2)C(Cc2ccccc2)C(=O)NC(C)C)cc1. The molecule has 4 aromatic carbocycles. The van der Waals surface area contributed by atoms with E-state index in [0.29, 0.717) is 10.7 Å². The van der Waals surface area contributed by atoms with Crippen LogP contribution in [0.2, 0.25) is 5.02 Å². The molecule has 4 rings (SSSR count). The third-order valence-electron chi connectivity index (χ3n) is 7.15. The van der Waals surface area contributed by atoms with E-state index in [2.05, 4.69) is 5.32 Å². The van der Waals surface area contributed by atoms with Crippen LogP contribution < -0.4 is 9.62 Å². The van der Waals surface area contributed by atoms with Gasteiger partial charge in [0.2, 0.25) is 11.8 Å². The van der Waals surface area contributed by atoms with Crippen LogP contribution in [0.15, 0.2) is 108 Å². The molecule has 1 N–H and O–H groups in total. The summed E-state index contributed by atoms with van der Waals surface area (Å²) in [5, 5.41) is 3.36. The lowest BCUT2D eigenvalue weighted by Crippen LogP contribution is -2.54. The summed E-state index contributed by atoms with van der Waals surface area (Å²) in [5.41, 5.74) is 3.94. The Labute approximate surface area is 265 Å². The third-order valence-corrected chi connectivity index (χ3v) is 9.19. The van der Waals surface area contributed by atoms with Crippen molar-refractivity contribution in [3.8, 4) is 0 Å². The van der Waals surface area contributed by atoms with Crippen molar-refractivity contribution in [3.63, 3.8) is 0 Å². The second kappa shape index (κ2) is 14.6. The quantitative estimate of drug-likeness (QED) is 0.198. The minimum atomic E-state index is -4.19. The number of carbonyl (C=O) groups is 2. The van der Waals surface area contributed by atoms with Gasteiger partial charge in [-0.05, 0) is 80.8 Å². The number of nitrogens with one attached hydrogen (secondary N) is 1. The average molecular weight is 632 g/mol. The average Bonchev–Trinajstić information content (AvgIpc) is 2.98. The molecule has 9 heteroatoms. The Morgan fingerprint density at radius 1 is 0.795 bits per heavy atom. The minimum absolute atomic E-state index is 0.000299. The summed E-state index contributed by atoms with van der Waals surface area (Å²) in [4.78, 5) is 29.7. The zero-order valence-corrected chi connectivity index (χ0v) is 27.0. The van der Waals surface area contributed by atoms with Crippen molar-refractivity contribution in [2.24, 2.45) is 0 Å². The molecule has 0 heterocycles. The van der Waals surface area contributed by atoms with Crippen molar-refractivity contribution in [1.82, 2.24) is 10.2 Å². The molecule has 1 atom stereocenters. The lowest BCUT2D eigenvalue weighted by molar-refractivity contribution is -0.140. The van der Waals surface area contributed by atoms with Gasteiger partial charge in [0.25, 0.3) is 10.0 Å². The molecule has 0 aliphatic heterocycles. The summed E-state index contributed by atoms with van der Waals surface area (Å²) in [5.74, 6) is -0.823. The lowest BCUT2D eigenvalue weighted by atomic mass is 10.0. The topological polar surface area (TPSA) is 86.8 Å². The molecule has 0 aliphatic carbocycles. The van der Waals surface area contributed by atoms with Crippen LogP contribution in [0.5, 0.6) is 0 Å². The Morgan fingerprint density at radius 3 is 2.07 bits per heavy atom. The zero-order valence-electron chi connectivity index (χ0n) is 25.4. The van der Waals surface area contributed by atoms with Gasteiger partial charge in [-0.15, -0.1) is 0 Å². The maximum Gasteiger partial charge on any atom is 0.264 e. The van der Waals surface area contributed by atoms with Crippen molar-refractivity contribution in [1.29, 1.82) is 0 Å². The van der Waals surface area contributed by atoms with E-state index in [1.165, 1.54) is 29.2 Å². The van der Waals surface area contributed by atoms with Gasteiger partial charge >= 0.3 is 0 Å². The Bertz CT molecular complexity index is 1680. The number of hydrogen-bond donors (Lipinski definition) is 1. The van der Waals surface area contributed by atoms with E-state index in [9.17, 15) is 18.0 Å². The van der Waals surface area contributed by atoms with Gasteiger partial charge in [0.15, 0.2) is 0 Å². The normalized spacial score (nSPS) is 12.0. The van der Waals surface area contributed by atoms with Crippen molar-refractivity contribution < 1.29 is 18.0 Å². The second-order valence-corrected chi connectivity index (χ2v) is 13.5. The number of rotatable bonds is 12. The molecule has 0 fully saturated rings. The number of sulfonamides is 1. The summed E-state index contributed by atoms with van der Waals surface area (Å²) in [6.45, 7) is 7.16. The van der Waals surface area contributed by atoms with Gasteiger partial charge in [0.1, 0.15) is 12.6 Å². The van der Waals surface area contributed by atoms with Gasteiger partial charge in [-0.1, -0.05) is 83.9 Å². The van der Waals surface area contributed by atoms with Gasteiger partial charge in [0.05, 0.1) is 10.6 Å². The van der Waals surface area contributed by atoms with Crippen LogP contribution >= 0.6 is 11.6 Å². The van der Waals surface area contributed by atoms with E-state index in [1.807, 2.05) is 88.4 Å². The van der Waals surface area contributed by atoms with E-state index < -0.39 is 28.5 Å². The molecule has 0 aliphatic rings. The summed E-state index contributed by atoms with van der Waals surface area (Å²) in [6.07, 6.45) is 0.255. The zero-order chi connectivity index (χ0) is 31.9. The molecule has 7 nitrogen and oxygen atoms in total. The fourth-order valence-electron chi connectivity index (χ4n) is 4.87. The number of halogens is 1. The molecule has 4 aromatic rings. The molecule has 1 unspecified atom stereocenters. The number of anilines is 1. The number of hydrogen-bond acceptors (Lipinski definition) is 4. The monoisotopic (exact) mass is 631 g/mol. The van der Waals surface area contributed by atoms with Crippen molar-refractivity contribution in [2.45, 2.75) is 57.6 Å². The van der Waals surface area contributed by atoms with Crippen LogP contribution in [0.1, 0.15) is 36.1 Å². The highest BCUT2D eigenvalue weighted by molar-refractivity contribution is 7.92. The van der Waals surface area contributed by atoms with Crippen LogP contribution in [0.3, 0.4) is 0 Å². The summed E-state index contributed by atoms with van der Waals surface area (Å²) in [7, 11) is -4.19. The van der Waals surface area contributed by atoms with Gasteiger partial charge in [-0.2, -0.15) is 0 Å². The molecular weight excluding hydrogens is 594 g/mol. The lowest BCUT2D eigenvalue weighted by Gasteiger charge is -2.34. The smallest absolute Gasteiger partial charge is 0.264 e. The van der Waals surface area contributed by atoms with Gasteiger partial charge in [-0.25, -0.2) is 8.42 Å². The molecule has 0 spiro atoms. The Kier molecular flexibility index (Phi) is 10.8. The van der Waals surface area contributed by atoms with Crippen molar-refractivity contribution in [3.05, 3.63) is 130 Å². The van der Waals surface area contributed by atoms with Crippen molar-refractivity contribution in [2.75, 3.05) is 10.8 Å². The molecule has 0 radical (unpaired) electrons. The van der Waals surface area contributed by atoms with E-state index in [-0.39, 0.29) is 29.8 Å². The molecule has 44 heavy (non-hydrogen) atoms. The van der Waals surface area contributed by atoms with E-state index >= 15 is 0 Å². The van der Waals surface area contributed by atoms with E-state index in [1.54, 1.807) is 18.2 Å². The Hall–Kier alpha value is -4.14. The van der Waals surface area contributed by atoms with Crippen LogP contribution in [-0.4, -0.2) is 43.8 Å². The maximum atomic E-state index is 14.5. The number of nitrogens with zero attached hydrogens (tertiary/aromatic N) is 2. The summed E-state index contributed by atoms with van der Waals surface area (Å²) < 4.78 is 29.3. The maximum absolute atomic E-state index is 14.5. The highest BCUT2D eigenvalue weighted by atomic mass is 35.5. The van der Waals surface area contributed by atoms with E-state index in [4.69, 9.17) is 11.6 Å². The second-order valence-electron chi connectivity index (χ2n) is 11.2. The molecule has 0 saturated carbocycles. The van der Waals surface area contributed by atoms with E-state index in [0.717, 1.165) is 26.6 Å². The molecule has 0 aromatic heterocycles. The summed E-state index contributed by atoms with van der Waals surface area (Å²) >= 11 is 6.05. The molecular formula is C35H38ClN3O4S. The van der Waals surface area contributed by atoms with Crippen LogP contribution in [0.4, 0.5) is 5.69 Å². The first kappa shape index (κ1) is 32.8. The number of aryl methyl sites for hydroxylation is 2. The van der Waals surface area contributed by atoms with Gasteiger partial charge in [0, 0.05) is 24.0 Å². The first-order valence-electron chi connectivity index (χ1n) is 14.5. The fourth-order valence-corrected chi connectivity index (χ4v) is 6.40. The van der Waals surface area contributed by atoms with Gasteiger partial charge in [-0.3, -0.25) is 13.9 Å². The highest BCUT2D eigenvalue weighted by Crippen LogP contribution is 2.27. The number of carbonyl (C=O) groups excluding carboxylic acids is 2. The molecule has 2 amide bonds. The van der Waals surface area contributed by atoms with Crippen LogP contribution in [-0.2, 0) is 32.6 Å². The largest absolute Gasteiger partial charge is 0.352 e. The molecule has 0 bridgehead atoms. The summed E-state index contributed by atoms with van der Waals surface area (Å²) in [6, 6.07) is 29.0. The van der Waals surface area contributed by atoms with Crippen LogP contribution in [0.25, 0.3) is 0 Å².